The van der Waals surface area contributed by atoms with E-state index < -0.39 is 17.7 Å². The first-order valence-corrected chi connectivity index (χ1v) is 11.1. The molecule has 11 nitrogen and oxygen atoms in total. The topological polar surface area (TPSA) is 167 Å². The van der Waals surface area contributed by atoms with Crippen LogP contribution in [-0.4, -0.2) is 41.1 Å². The fraction of sp³-hybridized carbons (Fsp3) is 0.333. The summed E-state index contributed by atoms with van der Waals surface area (Å²) in [4.78, 5) is 50.7. The number of ether oxygens (including phenoxy) is 1. The van der Waals surface area contributed by atoms with Gasteiger partial charge in [-0.2, -0.15) is 0 Å². The molecule has 1 aliphatic heterocycles. The second kappa shape index (κ2) is 10.3. The SMILES string of the molecule is C/C(=C1\C(=O)Nc2ccc(NC(N)=O)cc21)c1cc(CNC(=O)CCNC(=O)OC(C)(C)C)c[nH]1. The Morgan fingerprint density at radius 2 is 1.86 bits per heavy atom. The van der Waals surface area contributed by atoms with Crippen LogP contribution in [0.15, 0.2) is 30.5 Å². The van der Waals surface area contributed by atoms with E-state index in [-0.39, 0.29) is 31.3 Å². The van der Waals surface area contributed by atoms with E-state index in [1.807, 2.05) is 13.0 Å². The van der Waals surface area contributed by atoms with Crippen molar-refractivity contribution in [1.29, 1.82) is 0 Å². The fourth-order valence-electron chi connectivity index (χ4n) is 3.53. The number of amides is 5. The number of hydrogen-bond acceptors (Lipinski definition) is 5. The molecular weight excluding hydrogens is 452 g/mol. The van der Waals surface area contributed by atoms with Crippen LogP contribution in [0, 0.1) is 0 Å². The van der Waals surface area contributed by atoms with Gasteiger partial charge in [-0.3, -0.25) is 9.59 Å². The highest BCUT2D eigenvalue weighted by Gasteiger charge is 2.27. The summed E-state index contributed by atoms with van der Waals surface area (Å²) in [6, 6.07) is 6.19. The number of fused-ring (bicyclic) bond motifs is 1. The van der Waals surface area contributed by atoms with Crippen molar-refractivity contribution >= 4 is 46.5 Å². The molecule has 0 bridgehead atoms. The predicted octanol–water partition coefficient (Wildman–Crippen LogP) is 2.92. The van der Waals surface area contributed by atoms with Crippen molar-refractivity contribution in [3.05, 3.63) is 47.3 Å². The number of benzene rings is 1. The van der Waals surface area contributed by atoms with E-state index in [1.165, 1.54) is 0 Å². The highest BCUT2D eigenvalue weighted by atomic mass is 16.6. The Kier molecular flexibility index (Phi) is 7.48. The van der Waals surface area contributed by atoms with Crippen LogP contribution in [0.5, 0.6) is 0 Å². The van der Waals surface area contributed by atoms with Crippen LogP contribution in [0.1, 0.15) is 50.9 Å². The molecule has 11 heteroatoms. The summed E-state index contributed by atoms with van der Waals surface area (Å²) in [5, 5.41) is 10.7. The number of nitrogens with two attached hydrogens (primary N) is 1. The average molecular weight is 483 g/mol. The number of allylic oxidation sites excluding steroid dienone is 1. The number of hydrogen-bond donors (Lipinski definition) is 6. The van der Waals surface area contributed by atoms with Crippen molar-refractivity contribution in [2.45, 2.75) is 46.3 Å². The molecule has 2 aromatic rings. The van der Waals surface area contributed by atoms with Crippen LogP contribution in [0.3, 0.4) is 0 Å². The summed E-state index contributed by atoms with van der Waals surface area (Å²) in [6.07, 6.45) is 1.29. The minimum Gasteiger partial charge on any atom is -0.444 e. The molecule has 7 N–H and O–H groups in total. The molecule has 0 unspecified atom stereocenters. The molecule has 1 aromatic carbocycles. The normalized spacial score (nSPS) is 14.0. The summed E-state index contributed by atoms with van der Waals surface area (Å²) in [6.45, 7) is 7.54. The van der Waals surface area contributed by atoms with Gasteiger partial charge in [-0.25, -0.2) is 9.59 Å². The molecule has 1 aliphatic rings. The molecule has 0 saturated heterocycles. The molecule has 5 amide bonds. The number of H-pyrrole nitrogens is 1. The Labute approximate surface area is 202 Å². The molecule has 2 heterocycles. The van der Waals surface area contributed by atoms with Crippen molar-refractivity contribution in [1.82, 2.24) is 15.6 Å². The molecular formula is C24H30N6O5. The maximum Gasteiger partial charge on any atom is 0.407 e. The lowest BCUT2D eigenvalue weighted by atomic mass is 9.99. The quantitative estimate of drug-likeness (QED) is 0.333. The van der Waals surface area contributed by atoms with E-state index in [1.54, 1.807) is 45.2 Å². The van der Waals surface area contributed by atoms with Crippen molar-refractivity contribution in [2.75, 3.05) is 17.2 Å². The van der Waals surface area contributed by atoms with Gasteiger partial charge in [0.25, 0.3) is 5.91 Å². The van der Waals surface area contributed by atoms with Gasteiger partial charge in [0, 0.05) is 48.3 Å². The molecule has 186 valence electrons. The van der Waals surface area contributed by atoms with Crippen molar-refractivity contribution in [3.63, 3.8) is 0 Å². The number of anilines is 2. The Balaban J connectivity index is 1.61. The van der Waals surface area contributed by atoms with Crippen LogP contribution in [0.25, 0.3) is 11.1 Å². The smallest absolute Gasteiger partial charge is 0.407 e. The van der Waals surface area contributed by atoms with E-state index >= 15 is 0 Å². The average Bonchev–Trinajstić information content (AvgIpc) is 3.33. The van der Waals surface area contributed by atoms with Gasteiger partial charge < -0.3 is 36.7 Å². The van der Waals surface area contributed by atoms with Gasteiger partial charge in [0.2, 0.25) is 5.91 Å². The van der Waals surface area contributed by atoms with Gasteiger partial charge in [-0.05, 0) is 63.1 Å². The first-order chi connectivity index (χ1) is 16.4. The third-order valence-electron chi connectivity index (χ3n) is 5.06. The minimum absolute atomic E-state index is 0.109. The number of aromatic nitrogens is 1. The second-order valence-electron chi connectivity index (χ2n) is 9.08. The zero-order valence-electron chi connectivity index (χ0n) is 20.1. The zero-order valence-corrected chi connectivity index (χ0v) is 20.1. The number of primary amides is 1. The number of carbonyl (C=O) groups excluding carboxylic acids is 4. The standard InChI is InChI=1S/C24H30N6O5/c1-13(20-16-10-15(29-22(25)33)5-6-17(16)30-21(20)32)18-9-14(11-27-18)12-28-19(31)7-8-26-23(34)35-24(2,3)4/h5-6,9-11,27H,7-8,12H2,1-4H3,(H,26,34)(H,28,31)(H,30,32)(H3,25,29,33)/b20-13+. The summed E-state index contributed by atoms with van der Waals surface area (Å²) in [5.74, 6) is -0.479. The lowest BCUT2D eigenvalue weighted by molar-refractivity contribution is -0.121. The van der Waals surface area contributed by atoms with Gasteiger partial charge in [-0.15, -0.1) is 0 Å². The summed E-state index contributed by atoms with van der Waals surface area (Å²) < 4.78 is 5.13. The number of rotatable bonds is 7. The van der Waals surface area contributed by atoms with E-state index in [9.17, 15) is 19.2 Å². The Morgan fingerprint density at radius 3 is 2.54 bits per heavy atom. The number of aromatic amines is 1. The third-order valence-corrected chi connectivity index (χ3v) is 5.06. The maximum atomic E-state index is 12.6. The highest BCUT2D eigenvalue weighted by molar-refractivity contribution is 6.36. The Hall–Kier alpha value is -4.28. The van der Waals surface area contributed by atoms with Gasteiger partial charge >= 0.3 is 12.1 Å². The first kappa shape index (κ1) is 25.3. The molecule has 1 aromatic heterocycles. The van der Waals surface area contributed by atoms with Crippen molar-refractivity contribution in [2.24, 2.45) is 5.73 Å². The summed E-state index contributed by atoms with van der Waals surface area (Å²) in [7, 11) is 0. The monoisotopic (exact) mass is 482 g/mol. The number of carbonyl (C=O) groups is 4. The lowest BCUT2D eigenvalue weighted by Crippen LogP contribution is -2.35. The second-order valence-corrected chi connectivity index (χ2v) is 9.08. The Morgan fingerprint density at radius 1 is 1.11 bits per heavy atom. The van der Waals surface area contributed by atoms with Crippen LogP contribution in [-0.2, 0) is 20.9 Å². The van der Waals surface area contributed by atoms with E-state index in [4.69, 9.17) is 10.5 Å². The highest BCUT2D eigenvalue weighted by Crippen LogP contribution is 2.38. The number of alkyl carbamates (subject to hydrolysis) is 1. The van der Waals surface area contributed by atoms with Gasteiger partial charge in [-0.1, -0.05) is 0 Å². The van der Waals surface area contributed by atoms with Crippen molar-refractivity contribution < 1.29 is 23.9 Å². The molecule has 3 rings (SSSR count). The van der Waals surface area contributed by atoms with E-state index in [0.29, 0.717) is 33.8 Å². The van der Waals surface area contributed by atoms with Crippen LogP contribution in [0.4, 0.5) is 21.0 Å². The maximum absolute atomic E-state index is 12.6. The third kappa shape index (κ3) is 6.85. The molecule has 35 heavy (non-hydrogen) atoms. The number of urea groups is 1. The van der Waals surface area contributed by atoms with Gasteiger partial charge in [0.05, 0.1) is 5.57 Å². The van der Waals surface area contributed by atoms with E-state index in [2.05, 4.69) is 26.3 Å². The summed E-state index contributed by atoms with van der Waals surface area (Å²) in [5.41, 5.74) is 9.07. The van der Waals surface area contributed by atoms with Crippen LogP contribution in [0.2, 0.25) is 0 Å². The van der Waals surface area contributed by atoms with E-state index in [0.717, 1.165) is 5.56 Å². The molecule has 0 saturated carbocycles. The molecule has 0 aliphatic carbocycles. The zero-order chi connectivity index (χ0) is 25.8. The number of nitrogens with one attached hydrogen (secondary N) is 5. The first-order valence-electron chi connectivity index (χ1n) is 11.1. The van der Waals surface area contributed by atoms with Crippen LogP contribution >= 0.6 is 0 Å². The predicted molar refractivity (Wildman–Crippen MR) is 132 cm³/mol. The summed E-state index contributed by atoms with van der Waals surface area (Å²) >= 11 is 0. The van der Waals surface area contributed by atoms with Gasteiger partial charge in [0.1, 0.15) is 5.60 Å². The van der Waals surface area contributed by atoms with Crippen LogP contribution < -0.4 is 27.0 Å². The molecule has 0 spiro atoms. The largest absolute Gasteiger partial charge is 0.444 e. The molecule has 0 radical (unpaired) electrons. The minimum atomic E-state index is -0.693. The molecule has 0 atom stereocenters. The van der Waals surface area contributed by atoms with Crippen molar-refractivity contribution in [3.8, 4) is 0 Å². The van der Waals surface area contributed by atoms with Gasteiger partial charge in [0.15, 0.2) is 0 Å². The fourth-order valence-corrected chi connectivity index (χ4v) is 3.53. The lowest BCUT2D eigenvalue weighted by Gasteiger charge is -2.19. The Bertz CT molecular complexity index is 1190. The molecule has 0 fully saturated rings.